The van der Waals surface area contributed by atoms with Crippen LogP contribution in [0.5, 0.6) is 0 Å². The second-order valence-electron chi connectivity index (χ2n) is 5.16. The first-order valence-corrected chi connectivity index (χ1v) is 8.00. The molecule has 122 valence electrons. The predicted molar refractivity (Wildman–Crippen MR) is 78.4 cm³/mol. The molecule has 0 radical (unpaired) electrons. The fourth-order valence-corrected chi connectivity index (χ4v) is 3.00. The van der Waals surface area contributed by atoms with Crippen LogP contribution in [0.15, 0.2) is 6.20 Å². The lowest BCUT2D eigenvalue weighted by atomic mass is 9.98. The molecule has 1 aromatic heterocycles. The van der Waals surface area contributed by atoms with E-state index in [1.54, 1.807) is 0 Å². The van der Waals surface area contributed by atoms with Gasteiger partial charge in [-0.2, -0.15) is 13.2 Å². The molecule has 0 aliphatic heterocycles. The quantitative estimate of drug-likeness (QED) is 0.775. The Bertz CT molecular complexity index is 421. The van der Waals surface area contributed by atoms with E-state index in [4.69, 9.17) is 4.74 Å². The molecule has 21 heavy (non-hydrogen) atoms. The maximum Gasteiger partial charge on any atom is 0.443 e. The van der Waals surface area contributed by atoms with Gasteiger partial charge in [0.15, 0.2) is 5.01 Å². The Morgan fingerprint density at radius 3 is 2.43 bits per heavy atom. The zero-order chi connectivity index (χ0) is 16.0. The van der Waals surface area contributed by atoms with E-state index in [9.17, 15) is 13.2 Å². The van der Waals surface area contributed by atoms with E-state index >= 15 is 0 Å². The van der Waals surface area contributed by atoms with E-state index in [0.717, 1.165) is 13.0 Å². The highest BCUT2D eigenvalue weighted by atomic mass is 32.1. The van der Waals surface area contributed by atoms with Gasteiger partial charge in [0, 0.05) is 17.7 Å². The molecule has 7 heteroatoms. The third-order valence-corrected chi connectivity index (χ3v) is 4.16. The van der Waals surface area contributed by atoms with Crippen molar-refractivity contribution in [3.8, 4) is 0 Å². The molecule has 1 rings (SSSR count). The highest BCUT2D eigenvalue weighted by Gasteiger charge is 2.36. The van der Waals surface area contributed by atoms with Crippen LogP contribution in [0.1, 0.15) is 50.0 Å². The summed E-state index contributed by atoms with van der Waals surface area (Å²) < 4.78 is 43.9. The van der Waals surface area contributed by atoms with Gasteiger partial charge in [-0.15, -0.1) is 11.3 Å². The Morgan fingerprint density at radius 1 is 1.33 bits per heavy atom. The van der Waals surface area contributed by atoms with Gasteiger partial charge in [0.2, 0.25) is 0 Å². The van der Waals surface area contributed by atoms with Crippen LogP contribution in [0, 0.1) is 5.92 Å². The molecule has 0 aliphatic carbocycles. The van der Waals surface area contributed by atoms with Crippen molar-refractivity contribution in [1.29, 1.82) is 0 Å². The molecule has 0 saturated carbocycles. The lowest BCUT2D eigenvalue weighted by Crippen LogP contribution is -2.37. The van der Waals surface area contributed by atoms with Crippen LogP contribution in [0.3, 0.4) is 0 Å². The van der Waals surface area contributed by atoms with Crippen molar-refractivity contribution in [2.45, 2.75) is 52.4 Å². The fourth-order valence-electron chi connectivity index (χ4n) is 2.11. The minimum absolute atomic E-state index is 0.178. The zero-order valence-electron chi connectivity index (χ0n) is 12.8. The molecule has 2 atom stereocenters. The number of alkyl halides is 3. The molecule has 0 aromatic carbocycles. The standard InChI is InChI=1S/C14H23F3N2OS/c1-5-7-18-11(12(9(3)4)20-6-2)10-8-19-13(21-10)14(15,16)17/h8-9,11-12,18H,5-7H2,1-4H3. The monoisotopic (exact) mass is 324 g/mol. The van der Waals surface area contributed by atoms with Crippen LogP contribution in [0.25, 0.3) is 0 Å². The van der Waals surface area contributed by atoms with Crippen molar-refractivity contribution in [3.63, 3.8) is 0 Å². The van der Waals surface area contributed by atoms with Gasteiger partial charge in [0.05, 0.1) is 12.1 Å². The summed E-state index contributed by atoms with van der Waals surface area (Å²) in [6.45, 7) is 9.17. The number of rotatable bonds is 8. The molecule has 1 N–H and O–H groups in total. The molecule has 1 heterocycles. The number of hydrogen-bond donors (Lipinski definition) is 1. The number of halogens is 3. The van der Waals surface area contributed by atoms with Gasteiger partial charge in [-0.05, 0) is 25.8 Å². The van der Waals surface area contributed by atoms with Gasteiger partial charge in [0.25, 0.3) is 0 Å². The van der Waals surface area contributed by atoms with Crippen LogP contribution >= 0.6 is 11.3 Å². The first kappa shape index (κ1) is 18.4. The maximum atomic E-state index is 12.7. The molecule has 0 fully saturated rings. The number of hydrogen-bond acceptors (Lipinski definition) is 4. The summed E-state index contributed by atoms with van der Waals surface area (Å²) in [4.78, 5) is 4.09. The Morgan fingerprint density at radius 2 is 2.00 bits per heavy atom. The van der Waals surface area contributed by atoms with Crippen molar-refractivity contribution >= 4 is 11.3 Å². The SMILES string of the molecule is CCCNC(c1cnc(C(F)(F)F)s1)C(OCC)C(C)C. The van der Waals surface area contributed by atoms with E-state index in [2.05, 4.69) is 10.3 Å². The van der Waals surface area contributed by atoms with Crippen molar-refractivity contribution in [2.75, 3.05) is 13.2 Å². The number of aromatic nitrogens is 1. The minimum Gasteiger partial charge on any atom is -0.376 e. The smallest absolute Gasteiger partial charge is 0.376 e. The largest absolute Gasteiger partial charge is 0.443 e. The molecule has 0 aliphatic rings. The predicted octanol–water partition coefficient (Wildman–Crippen LogP) is 4.26. The third-order valence-electron chi connectivity index (χ3n) is 3.03. The van der Waals surface area contributed by atoms with E-state index in [1.165, 1.54) is 6.20 Å². The van der Waals surface area contributed by atoms with Crippen LogP contribution in [-0.4, -0.2) is 24.2 Å². The second kappa shape index (κ2) is 8.10. The van der Waals surface area contributed by atoms with Gasteiger partial charge in [0.1, 0.15) is 0 Å². The van der Waals surface area contributed by atoms with E-state index in [-0.39, 0.29) is 18.1 Å². The average molecular weight is 324 g/mol. The Labute approximate surface area is 127 Å². The van der Waals surface area contributed by atoms with Gasteiger partial charge >= 0.3 is 6.18 Å². The normalized spacial score (nSPS) is 15.4. The Balaban J connectivity index is 3.03. The summed E-state index contributed by atoms with van der Waals surface area (Å²) in [6.07, 6.45) is -2.35. The fraction of sp³-hybridized carbons (Fsp3) is 0.786. The molecule has 3 nitrogen and oxygen atoms in total. The first-order chi connectivity index (χ1) is 9.81. The van der Waals surface area contributed by atoms with Gasteiger partial charge in [-0.1, -0.05) is 20.8 Å². The average Bonchev–Trinajstić information content (AvgIpc) is 2.87. The molecule has 0 saturated heterocycles. The van der Waals surface area contributed by atoms with Crippen LogP contribution in [0.4, 0.5) is 13.2 Å². The Hall–Kier alpha value is -0.660. The van der Waals surface area contributed by atoms with Crippen molar-refractivity contribution < 1.29 is 17.9 Å². The molecule has 0 bridgehead atoms. The summed E-state index contributed by atoms with van der Waals surface area (Å²) in [5.74, 6) is 0.191. The van der Waals surface area contributed by atoms with Gasteiger partial charge in [-0.25, -0.2) is 4.98 Å². The highest BCUT2D eigenvalue weighted by molar-refractivity contribution is 7.11. The third kappa shape index (κ3) is 5.23. The molecular weight excluding hydrogens is 301 g/mol. The number of nitrogens with zero attached hydrogens (tertiary/aromatic N) is 1. The van der Waals surface area contributed by atoms with Crippen molar-refractivity contribution in [2.24, 2.45) is 5.92 Å². The molecule has 1 aromatic rings. The van der Waals surface area contributed by atoms with Crippen LogP contribution < -0.4 is 5.32 Å². The van der Waals surface area contributed by atoms with E-state index in [0.29, 0.717) is 22.8 Å². The van der Waals surface area contributed by atoms with E-state index in [1.807, 2.05) is 27.7 Å². The van der Waals surface area contributed by atoms with Gasteiger partial charge < -0.3 is 10.1 Å². The van der Waals surface area contributed by atoms with Gasteiger partial charge in [-0.3, -0.25) is 0 Å². The highest BCUT2D eigenvalue weighted by Crippen LogP contribution is 2.36. The summed E-state index contributed by atoms with van der Waals surface area (Å²) in [7, 11) is 0. The second-order valence-corrected chi connectivity index (χ2v) is 6.22. The van der Waals surface area contributed by atoms with Crippen LogP contribution in [0.2, 0.25) is 0 Å². The summed E-state index contributed by atoms with van der Waals surface area (Å²) in [5, 5.41) is 2.49. The number of nitrogens with one attached hydrogen (secondary N) is 1. The molecule has 0 spiro atoms. The molecular formula is C14H23F3N2OS. The minimum atomic E-state index is -4.39. The first-order valence-electron chi connectivity index (χ1n) is 7.19. The summed E-state index contributed by atoms with van der Waals surface area (Å²) in [6, 6.07) is -0.265. The zero-order valence-corrected chi connectivity index (χ0v) is 13.6. The van der Waals surface area contributed by atoms with Crippen molar-refractivity contribution in [3.05, 3.63) is 16.1 Å². The van der Waals surface area contributed by atoms with E-state index < -0.39 is 11.2 Å². The Kier molecular flexibility index (Phi) is 7.09. The van der Waals surface area contributed by atoms with Crippen molar-refractivity contribution in [1.82, 2.24) is 10.3 Å². The maximum absolute atomic E-state index is 12.7. The lowest BCUT2D eigenvalue weighted by Gasteiger charge is -2.30. The molecule has 0 amide bonds. The summed E-state index contributed by atoms with van der Waals surface area (Å²) in [5.41, 5.74) is 0. The topological polar surface area (TPSA) is 34.2 Å². The van der Waals surface area contributed by atoms with Crippen LogP contribution in [-0.2, 0) is 10.9 Å². The number of ether oxygens (including phenoxy) is 1. The number of thiazole rings is 1. The molecule has 2 unspecified atom stereocenters. The lowest BCUT2D eigenvalue weighted by molar-refractivity contribution is -0.137. The summed E-state index contributed by atoms with van der Waals surface area (Å²) >= 11 is 0.691.